The van der Waals surface area contributed by atoms with Crippen LogP contribution < -0.4 is 5.32 Å². The number of nitrogens with zero attached hydrogens (tertiary/aromatic N) is 5. The second-order valence-electron chi connectivity index (χ2n) is 7.03. The molecule has 1 fully saturated rings. The van der Waals surface area contributed by atoms with E-state index in [4.69, 9.17) is 16.1 Å². The van der Waals surface area contributed by atoms with Gasteiger partial charge in [0, 0.05) is 10.9 Å². The summed E-state index contributed by atoms with van der Waals surface area (Å²) >= 11 is 5.95. The monoisotopic (exact) mass is 414 g/mol. The van der Waals surface area contributed by atoms with Gasteiger partial charge in [-0.25, -0.2) is 9.07 Å². The van der Waals surface area contributed by atoms with Crippen LogP contribution in [-0.2, 0) is 11.2 Å². The number of carbonyl (C=O) groups is 1. The Morgan fingerprint density at radius 2 is 2.07 bits per heavy atom. The number of aliphatic imine (C=N–C) groups is 1. The molecule has 148 valence electrons. The third-order valence-corrected chi connectivity index (χ3v) is 5.41. The Morgan fingerprint density at radius 3 is 2.90 bits per heavy atom. The summed E-state index contributed by atoms with van der Waals surface area (Å²) in [5.41, 5.74) is 1.35. The highest BCUT2D eigenvalue weighted by molar-refractivity contribution is 6.30. The number of fused-ring (bicyclic) bond motifs is 1. The third kappa shape index (κ3) is 3.26. The van der Waals surface area contributed by atoms with Gasteiger partial charge in [0.2, 0.25) is 5.82 Å². The Bertz CT molecular complexity index is 1130. The van der Waals surface area contributed by atoms with E-state index in [-0.39, 0.29) is 35.5 Å². The molecule has 0 spiro atoms. The van der Waals surface area contributed by atoms with Crippen molar-refractivity contribution in [3.8, 4) is 22.8 Å². The smallest absolute Gasteiger partial charge is 0.261 e. The van der Waals surface area contributed by atoms with E-state index in [0.29, 0.717) is 22.1 Å². The highest BCUT2D eigenvalue weighted by Crippen LogP contribution is 2.30. The van der Waals surface area contributed by atoms with E-state index in [9.17, 15) is 9.18 Å². The summed E-state index contributed by atoms with van der Waals surface area (Å²) in [5.74, 6) is 0.325. The number of hydrogen-bond donors (Lipinski definition) is 1. The van der Waals surface area contributed by atoms with Gasteiger partial charge >= 0.3 is 0 Å². The molecule has 2 aliphatic rings. The van der Waals surface area contributed by atoms with Crippen LogP contribution in [0.4, 0.5) is 4.39 Å². The average molecular weight is 415 g/mol. The number of halogens is 2. The molecule has 29 heavy (non-hydrogen) atoms. The molecule has 1 saturated heterocycles. The number of hydrogen-bond acceptors (Lipinski definition) is 6. The summed E-state index contributed by atoms with van der Waals surface area (Å²) in [6.07, 6.45) is 3.47. The summed E-state index contributed by atoms with van der Waals surface area (Å²) < 4.78 is 21.1. The fraction of sp³-hybridized carbons (Fsp3) is 0.316. The summed E-state index contributed by atoms with van der Waals surface area (Å²) in [6.45, 7) is 1.75. The lowest BCUT2D eigenvalue weighted by molar-refractivity contribution is -0.117. The topological polar surface area (TPSA) is 98.2 Å². The number of carbonyl (C=O) groups excluding carboxylic acids is 1. The zero-order chi connectivity index (χ0) is 20.0. The molecule has 0 saturated carbocycles. The summed E-state index contributed by atoms with van der Waals surface area (Å²) in [5, 5.41) is 12.1. The van der Waals surface area contributed by atoms with Crippen LogP contribution in [0, 0.1) is 11.7 Å². The van der Waals surface area contributed by atoms with Crippen LogP contribution >= 0.6 is 11.6 Å². The fourth-order valence-electron chi connectivity index (χ4n) is 3.73. The van der Waals surface area contributed by atoms with Gasteiger partial charge in [0.1, 0.15) is 11.7 Å². The van der Waals surface area contributed by atoms with Crippen molar-refractivity contribution in [1.29, 1.82) is 0 Å². The van der Waals surface area contributed by atoms with E-state index in [0.717, 1.165) is 25.9 Å². The Hall–Kier alpha value is -2.91. The van der Waals surface area contributed by atoms with Crippen LogP contribution in [-0.4, -0.2) is 44.8 Å². The van der Waals surface area contributed by atoms with Gasteiger partial charge < -0.3 is 9.84 Å². The molecule has 4 heterocycles. The average Bonchev–Trinajstić information content (AvgIpc) is 3.37. The van der Waals surface area contributed by atoms with E-state index in [1.165, 1.54) is 18.2 Å². The molecule has 8 nitrogen and oxygen atoms in total. The van der Waals surface area contributed by atoms with E-state index in [1.54, 1.807) is 10.9 Å². The minimum Gasteiger partial charge on any atom is -0.334 e. The predicted octanol–water partition coefficient (Wildman–Crippen LogP) is 2.72. The number of aromatic nitrogens is 4. The van der Waals surface area contributed by atoms with Crippen molar-refractivity contribution >= 4 is 23.3 Å². The van der Waals surface area contributed by atoms with E-state index in [2.05, 4.69) is 25.5 Å². The van der Waals surface area contributed by atoms with Gasteiger partial charge in [-0.05, 0) is 44.1 Å². The Morgan fingerprint density at radius 1 is 1.24 bits per heavy atom. The number of nitrogens with one attached hydrogen (secondary N) is 1. The quantitative estimate of drug-likeness (QED) is 0.707. The summed E-state index contributed by atoms with van der Waals surface area (Å²) in [7, 11) is 0. The first-order chi connectivity index (χ1) is 14.1. The van der Waals surface area contributed by atoms with Gasteiger partial charge in [0.05, 0.1) is 29.4 Å². The van der Waals surface area contributed by atoms with Crippen LogP contribution in [0.5, 0.6) is 0 Å². The maximum atomic E-state index is 14.1. The SMILES string of the molecule is O=C1Cc2c(-c3noc(-c4cc(Cl)ccc4F)n3)cnn2C(C2CCNCC2)=N1. The zero-order valence-corrected chi connectivity index (χ0v) is 16.0. The van der Waals surface area contributed by atoms with Crippen LogP contribution in [0.2, 0.25) is 5.02 Å². The van der Waals surface area contributed by atoms with Crippen LogP contribution in [0.15, 0.2) is 33.9 Å². The first-order valence-corrected chi connectivity index (χ1v) is 9.67. The largest absolute Gasteiger partial charge is 0.334 e. The fourth-order valence-corrected chi connectivity index (χ4v) is 3.91. The molecule has 1 N–H and O–H groups in total. The molecule has 0 unspecified atom stereocenters. The zero-order valence-electron chi connectivity index (χ0n) is 15.2. The number of amides is 1. The lowest BCUT2D eigenvalue weighted by Crippen LogP contribution is -2.38. The molecule has 0 bridgehead atoms. The van der Waals surface area contributed by atoms with Crippen LogP contribution in [0.1, 0.15) is 18.5 Å². The minimum absolute atomic E-state index is 0.00864. The van der Waals surface area contributed by atoms with Gasteiger partial charge in [-0.15, -0.1) is 0 Å². The standard InChI is InChI=1S/C19H16ClFN6O2/c20-11-1-2-14(21)12(7-11)19-25-17(26-29-19)13-9-23-27-15(13)8-16(28)24-18(27)10-3-5-22-6-4-10/h1-2,7,9-10,22H,3-6,8H2. The third-order valence-electron chi connectivity index (χ3n) is 5.17. The van der Waals surface area contributed by atoms with Gasteiger partial charge in [-0.1, -0.05) is 16.8 Å². The van der Waals surface area contributed by atoms with Crippen LogP contribution in [0.3, 0.4) is 0 Å². The van der Waals surface area contributed by atoms with E-state index < -0.39 is 5.82 Å². The molecule has 2 aliphatic heterocycles. The van der Waals surface area contributed by atoms with Crippen molar-refractivity contribution in [3.63, 3.8) is 0 Å². The lowest BCUT2D eigenvalue weighted by Gasteiger charge is -2.26. The summed E-state index contributed by atoms with van der Waals surface area (Å²) in [6, 6.07) is 4.11. The highest BCUT2D eigenvalue weighted by atomic mass is 35.5. The van der Waals surface area contributed by atoms with Crippen molar-refractivity contribution < 1.29 is 13.7 Å². The van der Waals surface area contributed by atoms with Crippen molar-refractivity contribution in [1.82, 2.24) is 25.2 Å². The van der Waals surface area contributed by atoms with Crippen LogP contribution in [0.25, 0.3) is 22.8 Å². The molecule has 0 atom stereocenters. The number of rotatable bonds is 3. The predicted molar refractivity (Wildman–Crippen MR) is 103 cm³/mol. The first kappa shape index (κ1) is 18.1. The van der Waals surface area contributed by atoms with Crippen molar-refractivity contribution in [2.45, 2.75) is 19.3 Å². The molecule has 2 aromatic heterocycles. The second kappa shape index (κ2) is 7.16. The Kier molecular flexibility index (Phi) is 4.48. The van der Waals surface area contributed by atoms with Crippen molar-refractivity contribution in [3.05, 3.63) is 40.9 Å². The van der Waals surface area contributed by atoms with E-state index in [1.807, 2.05) is 0 Å². The highest BCUT2D eigenvalue weighted by Gasteiger charge is 2.31. The van der Waals surface area contributed by atoms with E-state index >= 15 is 0 Å². The lowest BCUT2D eigenvalue weighted by atomic mass is 9.95. The molecular formula is C19H16ClFN6O2. The second-order valence-corrected chi connectivity index (χ2v) is 7.47. The normalized spacial score (nSPS) is 17.3. The summed E-state index contributed by atoms with van der Waals surface area (Å²) in [4.78, 5) is 20.9. The maximum Gasteiger partial charge on any atom is 0.261 e. The van der Waals surface area contributed by atoms with Gasteiger partial charge in [-0.2, -0.15) is 15.1 Å². The van der Waals surface area contributed by atoms with Gasteiger partial charge in [-0.3, -0.25) is 4.79 Å². The van der Waals surface area contributed by atoms with Crippen molar-refractivity contribution in [2.24, 2.45) is 10.9 Å². The molecule has 5 rings (SSSR count). The van der Waals surface area contributed by atoms with Gasteiger partial charge in [0.15, 0.2) is 0 Å². The molecule has 0 aliphatic carbocycles. The molecule has 1 amide bonds. The first-order valence-electron chi connectivity index (χ1n) is 9.29. The van der Waals surface area contributed by atoms with Crippen molar-refractivity contribution in [2.75, 3.05) is 13.1 Å². The minimum atomic E-state index is -0.517. The molecule has 1 aromatic carbocycles. The molecular weight excluding hydrogens is 399 g/mol. The number of benzene rings is 1. The molecule has 0 radical (unpaired) electrons. The Balaban J connectivity index is 1.52. The van der Waals surface area contributed by atoms with Gasteiger partial charge in [0.25, 0.3) is 11.8 Å². The maximum absolute atomic E-state index is 14.1. The molecule has 10 heteroatoms. The number of piperidine rings is 1. The Labute approximate surface area is 169 Å². The molecule has 3 aromatic rings.